The van der Waals surface area contributed by atoms with Crippen molar-refractivity contribution < 1.29 is 87.1 Å². The van der Waals surface area contributed by atoms with E-state index in [-0.39, 0.29) is 66.9 Å². The zero-order valence-corrected chi connectivity index (χ0v) is 40.7. The molecule has 0 aliphatic carbocycles. The number of esters is 4. The number of carbonyl (C=O) groups is 7. The minimum Gasteiger partial charge on any atom is -0.504 e. The Hall–Kier alpha value is -8.84. The number of carbonyl (C=O) groups excluding carboxylic acids is 7. The maximum atomic E-state index is 10.9. The molecule has 0 aliphatic rings. The van der Waals surface area contributed by atoms with Gasteiger partial charge in [-0.3, -0.25) is 33.6 Å². The second-order valence-electron chi connectivity index (χ2n) is 13.2. The zero-order valence-electron chi connectivity index (χ0n) is 38.5. The van der Waals surface area contributed by atoms with Gasteiger partial charge in [-0.1, -0.05) is 52.5 Å². The van der Waals surface area contributed by atoms with Gasteiger partial charge in [-0.25, -0.2) is 0 Å². The first-order valence-corrected chi connectivity index (χ1v) is 21.6. The highest BCUT2D eigenvalue weighted by Crippen LogP contribution is 2.31. The summed E-state index contributed by atoms with van der Waals surface area (Å²) in [4.78, 5) is 73.9. The largest absolute Gasteiger partial charge is 0.504 e. The lowest BCUT2D eigenvalue weighted by Gasteiger charge is -2.10. The van der Waals surface area contributed by atoms with Gasteiger partial charge in [0.15, 0.2) is 57.5 Å². The van der Waals surface area contributed by atoms with Gasteiger partial charge in [0.05, 0.1) is 6.61 Å². The van der Waals surface area contributed by atoms with Crippen LogP contribution in [0.1, 0.15) is 69.9 Å². The number of rotatable bonds is 15. The molecule has 19 heteroatoms. The Kier molecular flexibility index (Phi) is 28.5. The van der Waals surface area contributed by atoms with Crippen molar-refractivity contribution >= 4 is 65.3 Å². The van der Waals surface area contributed by atoms with E-state index in [1.54, 1.807) is 24.3 Å². The fraction of sp³-hybridized carbons (Fsp3) is 0.173. The lowest BCUT2D eigenvalue weighted by molar-refractivity contribution is -0.132. The van der Waals surface area contributed by atoms with E-state index >= 15 is 0 Å². The van der Waals surface area contributed by atoms with Gasteiger partial charge in [0.1, 0.15) is 38.7 Å². The van der Waals surface area contributed by atoms with Crippen LogP contribution in [0.5, 0.6) is 57.5 Å². The van der Waals surface area contributed by atoms with E-state index in [1.807, 2.05) is 12.1 Å². The maximum Gasteiger partial charge on any atom is 0.308 e. The van der Waals surface area contributed by atoms with Gasteiger partial charge in [0, 0.05) is 48.8 Å². The molecule has 370 valence electrons. The number of aliphatic hydroxyl groups excluding tert-OH is 1. The van der Waals surface area contributed by atoms with E-state index in [4.69, 9.17) is 63.0 Å². The van der Waals surface area contributed by atoms with Crippen molar-refractivity contribution in [1.29, 1.82) is 0 Å². The van der Waals surface area contributed by atoms with E-state index in [1.165, 1.54) is 82.3 Å². The van der Waals surface area contributed by atoms with Crippen LogP contribution in [0.15, 0.2) is 91.0 Å². The Morgan fingerprint density at radius 1 is 0.465 bits per heavy atom. The highest BCUT2D eigenvalue weighted by Gasteiger charge is 2.11. The van der Waals surface area contributed by atoms with Crippen molar-refractivity contribution in [3.8, 4) is 94.5 Å². The molecule has 0 bridgehead atoms. The van der Waals surface area contributed by atoms with Gasteiger partial charge in [-0.2, -0.15) is 0 Å². The van der Waals surface area contributed by atoms with Gasteiger partial charge in [0.2, 0.25) is 0 Å². The number of hydrogen-bond donors (Lipinski definition) is 4. The second-order valence-corrected chi connectivity index (χ2v) is 14.0. The number of terminal acetylenes is 3. The summed E-state index contributed by atoms with van der Waals surface area (Å²) < 4.78 is 36.0. The molecule has 0 aromatic heterocycles. The number of alkyl halides is 1. The standard InChI is InChI=1S/C12H11IO3.C12H12O4.C12H10O4.C9H8O4.C7H6O3/c3*1-3-6-15-12-7-10(8-13)4-5-11(12)16-9(2)14;1-6(11)13-9-3-2-7(5-10)4-8(9)12;8-4-5-1-2-6(9)7(10)3-5/h1,4-5,7H,6,8H2,2H3;1,4-5,7,13H,6,8H2,2H3;1,4-5,7-8H,6H2,2H3;2-5,12H,1H3;1-4,9-10H. The number of ether oxygens (including phenoxy) is 7. The van der Waals surface area contributed by atoms with Gasteiger partial charge >= 0.3 is 23.9 Å². The first-order chi connectivity index (χ1) is 33.9. The molecule has 0 radical (unpaired) electrons. The van der Waals surface area contributed by atoms with Crippen molar-refractivity contribution in [3.63, 3.8) is 0 Å². The number of phenols is 3. The van der Waals surface area contributed by atoms with Crippen molar-refractivity contribution in [3.05, 3.63) is 119 Å². The van der Waals surface area contributed by atoms with Gasteiger partial charge in [0.25, 0.3) is 0 Å². The molecule has 0 heterocycles. The SMILES string of the molecule is C#CCOc1cc(C=O)ccc1OC(C)=O.C#CCOc1cc(CI)ccc1OC(C)=O.C#CCOc1cc(CO)ccc1OC(C)=O.CC(=O)Oc1ccc(C=O)cc1O.O=Cc1ccc(O)c(O)c1. The number of aliphatic hydroxyl groups is 1. The van der Waals surface area contributed by atoms with Crippen LogP contribution < -0.4 is 33.2 Å². The maximum absolute atomic E-state index is 10.9. The highest BCUT2D eigenvalue weighted by atomic mass is 127. The number of halogens is 1. The molecule has 18 nitrogen and oxygen atoms in total. The second kappa shape index (κ2) is 33.6. The summed E-state index contributed by atoms with van der Waals surface area (Å²) in [7, 11) is 0. The van der Waals surface area contributed by atoms with Crippen LogP contribution in [0.2, 0.25) is 0 Å². The van der Waals surface area contributed by atoms with Gasteiger partial charge < -0.3 is 53.6 Å². The molecule has 0 spiro atoms. The molecule has 0 fully saturated rings. The average molecular weight is 1090 g/mol. The zero-order chi connectivity index (χ0) is 53.3. The van der Waals surface area contributed by atoms with E-state index in [9.17, 15) is 38.7 Å². The molecule has 5 rings (SSSR count). The number of aldehydes is 3. The molecule has 0 atom stereocenters. The number of benzene rings is 5. The van der Waals surface area contributed by atoms with Crippen LogP contribution in [0.3, 0.4) is 0 Å². The Morgan fingerprint density at radius 3 is 1.17 bits per heavy atom. The van der Waals surface area contributed by atoms with E-state index in [0.717, 1.165) is 9.99 Å². The average Bonchev–Trinajstić information content (AvgIpc) is 3.34. The minimum absolute atomic E-state index is 0.0383. The predicted molar refractivity (Wildman–Crippen MR) is 265 cm³/mol. The third kappa shape index (κ3) is 24.1. The van der Waals surface area contributed by atoms with E-state index in [2.05, 4.69) is 45.1 Å². The Bertz CT molecular complexity index is 2660. The minimum atomic E-state index is -0.519. The smallest absolute Gasteiger partial charge is 0.308 e. The quantitative estimate of drug-likeness (QED) is 0.0154. The van der Waals surface area contributed by atoms with Crippen LogP contribution in [0, 0.1) is 37.0 Å². The first kappa shape index (κ1) is 60.2. The summed E-state index contributed by atoms with van der Waals surface area (Å²) in [6.07, 6.45) is 17.1. The van der Waals surface area contributed by atoms with E-state index < -0.39 is 17.9 Å². The molecule has 4 N–H and O–H groups in total. The van der Waals surface area contributed by atoms with Crippen LogP contribution in [0.4, 0.5) is 0 Å². The van der Waals surface area contributed by atoms with Crippen molar-refractivity contribution in [2.24, 2.45) is 0 Å². The molecular weight excluding hydrogens is 1040 g/mol. The fourth-order valence-electron chi connectivity index (χ4n) is 4.76. The Morgan fingerprint density at radius 2 is 0.803 bits per heavy atom. The summed E-state index contributed by atoms with van der Waals surface area (Å²) in [6.45, 7) is 5.29. The van der Waals surface area contributed by atoms with Gasteiger partial charge in [-0.15, -0.1) is 19.3 Å². The Labute approximate surface area is 422 Å². The fourth-order valence-corrected chi connectivity index (χ4v) is 5.24. The van der Waals surface area contributed by atoms with Crippen molar-refractivity contribution in [2.75, 3.05) is 19.8 Å². The first-order valence-electron chi connectivity index (χ1n) is 20.1. The summed E-state index contributed by atoms with van der Waals surface area (Å²) in [5, 5.41) is 35.8. The molecule has 0 amide bonds. The lowest BCUT2D eigenvalue weighted by Crippen LogP contribution is -2.05. The molecule has 5 aromatic rings. The predicted octanol–water partition coefficient (Wildman–Crippen LogP) is 7.15. The summed E-state index contributed by atoms with van der Waals surface area (Å²) in [6, 6.07) is 22.6. The monoisotopic (exact) mass is 1090 g/mol. The van der Waals surface area contributed by atoms with Crippen molar-refractivity contribution in [1.82, 2.24) is 0 Å². The van der Waals surface area contributed by atoms with Crippen LogP contribution in [-0.2, 0) is 30.2 Å². The number of phenolic OH excluding ortho intramolecular Hbond substituents is 3. The molecule has 0 aliphatic heterocycles. The normalized spacial score (nSPS) is 9.23. The van der Waals surface area contributed by atoms with Crippen LogP contribution >= 0.6 is 22.6 Å². The number of aromatic hydroxyl groups is 3. The summed E-state index contributed by atoms with van der Waals surface area (Å²) >= 11 is 2.24. The topological polar surface area (TPSA) is 265 Å². The van der Waals surface area contributed by atoms with Crippen molar-refractivity contribution in [2.45, 2.75) is 38.7 Å². The van der Waals surface area contributed by atoms with Crippen LogP contribution in [0.25, 0.3) is 0 Å². The summed E-state index contributed by atoms with van der Waals surface area (Å²) in [5.41, 5.74) is 2.83. The number of hydrogen-bond acceptors (Lipinski definition) is 18. The molecule has 0 unspecified atom stereocenters. The molecule has 5 aromatic carbocycles. The van der Waals surface area contributed by atoms with Crippen LogP contribution in [-0.4, -0.2) is 83.0 Å². The van der Waals surface area contributed by atoms with E-state index in [0.29, 0.717) is 64.1 Å². The highest BCUT2D eigenvalue weighted by molar-refractivity contribution is 14.1. The van der Waals surface area contributed by atoms with Gasteiger partial charge in [-0.05, 0) is 90.0 Å². The molecular formula is C52H47IO18. The molecule has 71 heavy (non-hydrogen) atoms. The molecule has 0 saturated heterocycles. The molecule has 0 saturated carbocycles. The lowest BCUT2D eigenvalue weighted by atomic mass is 10.2. The Balaban J connectivity index is 0.000000448. The third-order valence-corrected chi connectivity index (χ3v) is 8.54. The summed E-state index contributed by atoms with van der Waals surface area (Å²) in [5.74, 6) is 6.55. The third-order valence-electron chi connectivity index (χ3n) is 7.66.